The molecule has 2 aliphatic heterocycles. The van der Waals surface area contributed by atoms with E-state index in [0.29, 0.717) is 30.4 Å². The lowest BCUT2D eigenvalue weighted by molar-refractivity contribution is -0.124. The maximum absolute atomic E-state index is 13.0. The molecule has 0 bridgehead atoms. The number of hydrogen-bond donors (Lipinski definition) is 1. The third-order valence-corrected chi connectivity index (χ3v) is 6.38. The van der Waals surface area contributed by atoms with E-state index in [1.807, 2.05) is 54.3 Å². The molecule has 6 heteroatoms. The van der Waals surface area contributed by atoms with Gasteiger partial charge in [-0.1, -0.05) is 30.3 Å². The Labute approximate surface area is 163 Å². The molecule has 1 N–H and O–H groups in total. The van der Waals surface area contributed by atoms with Gasteiger partial charge in [-0.2, -0.15) is 0 Å². The van der Waals surface area contributed by atoms with Crippen LogP contribution in [0.5, 0.6) is 0 Å². The number of pyridine rings is 1. The highest BCUT2D eigenvalue weighted by Crippen LogP contribution is 2.49. The van der Waals surface area contributed by atoms with Gasteiger partial charge in [-0.15, -0.1) is 0 Å². The highest BCUT2D eigenvalue weighted by Gasteiger charge is 2.59. The van der Waals surface area contributed by atoms with E-state index < -0.39 is 5.54 Å². The fourth-order valence-corrected chi connectivity index (χ4v) is 4.89. The van der Waals surface area contributed by atoms with Gasteiger partial charge in [0, 0.05) is 36.5 Å². The molecule has 1 saturated heterocycles. The normalized spacial score (nSPS) is 28.4. The monoisotopic (exact) mass is 374 g/mol. The number of nitrogens with zero attached hydrogens (tertiary/aromatic N) is 3. The first-order valence-electron chi connectivity index (χ1n) is 9.75. The molecule has 6 nitrogen and oxygen atoms in total. The number of likely N-dealkylation sites (tertiary alicyclic amines) is 1. The number of rotatable bonds is 2. The maximum Gasteiger partial charge on any atom is 0.255 e. The van der Waals surface area contributed by atoms with Crippen LogP contribution >= 0.6 is 0 Å². The number of aromatic nitrogens is 1. The summed E-state index contributed by atoms with van der Waals surface area (Å²) in [6.45, 7) is 3.15. The molecule has 2 fully saturated rings. The molecule has 3 heterocycles. The molecule has 3 atom stereocenters. The van der Waals surface area contributed by atoms with Crippen LogP contribution in [0.1, 0.15) is 34.5 Å². The second kappa shape index (κ2) is 6.26. The molecule has 1 saturated carbocycles. The van der Waals surface area contributed by atoms with Crippen LogP contribution in [0.3, 0.4) is 0 Å². The Morgan fingerprint density at radius 1 is 1.18 bits per heavy atom. The van der Waals surface area contributed by atoms with E-state index in [9.17, 15) is 9.59 Å². The lowest BCUT2D eigenvalue weighted by Gasteiger charge is -2.25. The Hall–Kier alpha value is -3.02. The highest BCUT2D eigenvalue weighted by molar-refractivity contribution is 6.15. The number of amidine groups is 1. The summed E-state index contributed by atoms with van der Waals surface area (Å²) in [5, 5.41) is 3.00. The standard InChI is InChI=1S/C22H22N4O2/c1-14-7-8-16(11-23-14)20(27)26-12-17-9-10-22(18(17)13-26)21(28)24-19(25-22)15-5-3-2-4-6-15/h2-8,11,17-18H,9-10,12-13H2,1H3,(H,24,25,28)/t17-,18+,22-/m1/s1. The minimum Gasteiger partial charge on any atom is -0.338 e. The van der Waals surface area contributed by atoms with Gasteiger partial charge in [0.2, 0.25) is 0 Å². The van der Waals surface area contributed by atoms with E-state index in [2.05, 4.69) is 10.3 Å². The molecule has 1 aromatic carbocycles. The number of aryl methyl sites for hydroxylation is 1. The van der Waals surface area contributed by atoms with Crippen LogP contribution in [0.25, 0.3) is 0 Å². The second-order valence-electron chi connectivity index (χ2n) is 8.01. The van der Waals surface area contributed by atoms with Crippen molar-refractivity contribution in [3.05, 3.63) is 65.5 Å². The quantitative estimate of drug-likeness (QED) is 0.876. The predicted molar refractivity (Wildman–Crippen MR) is 105 cm³/mol. The van der Waals surface area contributed by atoms with Crippen molar-refractivity contribution >= 4 is 17.6 Å². The average molecular weight is 374 g/mol. The third kappa shape index (κ3) is 2.55. The Balaban J connectivity index is 1.41. The van der Waals surface area contributed by atoms with Gasteiger partial charge >= 0.3 is 0 Å². The van der Waals surface area contributed by atoms with Crippen molar-refractivity contribution in [2.24, 2.45) is 16.8 Å². The minimum absolute atomic E-state index is 0.0114. The number of aliphatic imine (C=N–C) groups is 1. The van der Waals surface area contributed by atoms with Crippen molar-refractivity contribution in [2.45, 2.75) is 25.3 Å². The molecule has 28 heavy (non-hydrogen) atoms. The lowest BCUT2D eigenvalue weighted by atomic mass is 9.85. The first kappa shape index (κ1) is 17.1. The van der Waals surface area contributed by atoms with Crippen LogP contribution in [0.2, 0.25) is 0 Å². The second-order valence-corrected chi connectivity index (χ2v) is 8.01. The van der Waals surface area contributed by atoms with Crippen molar-refractivity contribution in [1.82, 2.24) is 15.2 Å². The van der Waals surface area contributed by atoms with E-state index in [4.69, 9.17) is 4.99 Å². The average Bonchev–Trinajstić information content (AvgIpc) is 3.38. The SMILES string of the molecule is Cc1ccc(C(=O)N2C[C@H]3CC[C@@]4(N=C(c5ccccc5)NC4=O)[C@H]3C2)cn1. The zero-order valence-electron chi connectivity index (χ0n) is 15.8. The minimum atomic E-state index is -0.740. The fraction of sp³-hybridized carbons (Fsp3) is 0.364. The Morgan fingerprint density at radius 2 is 2.00 bits per heavy atom. The molecule has 0 radical (unpaired) electrons. The molecule has 1 aliphatic carbocycles. The van der Waals surface area contributed by atoms with Crippen molar-refractivity contribution in [3.8, 4) is 0 Å². The first-order valence-corrected chi connectivity index (χ1v) is 9.75. The van der Waals surface area contributed by atoms with Gasteiger partial charge in [-0.05, 0) is 37.8 Å². The van der Waals surface area contributed by atoms with Gasteiger partial charge in [0.25, 0.3) is 11.8 Å². The van der Waals surface area contributed by atoms with Gasteiger partial charge in [0.1, 0.15) is 11.4 Å². The van der Waals surface area contributed by atoms with Crippen LogP contribution < -0.4 is 5.32 Å². The molecule has 1 spiro atoms. The van der Waals surface area contributed by atoms with Crippen LogP contribution in [0, 0.1) is 18.8 Å². The predicted octanol–water partition coefficient (Wildman–Crippen LogP) is 2.19. The van der Waals surface area contributed by atoms with Crippen LogP contribution in [0.15, 0.2) is 53.7 Å². The number of nitrogens with one attached hydrogen (secondary N) is 1. The van der Waals surface area contributed by atoms with Crippen LogP contribution in [-0.2, 0) is 4.79 Å². The molecular formula is C22H22N4O2. The first-order chi connectivity index (χ1) is 13.6. The highest BCUT2D eigenvalue weighted by atomic mass is 16.2. The van der Waals surface area contributed by atoms with Gasteiger partial charge in [-0.25, -0.2) is 0 Å². The smallest absolute Gasteiger partial charge is 0.255 e. The van der Waals surface area contributed by atoms with Crippen molar-refractivity contribution < 1.29 is 9.59 Å². The summed E-state index contributed by atoms with van der Waals surface area (Å²) in [7, 11) is 0. The number of carbonyl (C=O) groups is 2. The van der Waals surface area contributed by atoms with E-state index in [-0.39, 0.29) is 17.7 Å². The summed E-state index contributed by atoms with van der Waals surface area (Å²) in [6.07, 6.45) is 3.30. The number of amides is 2. The molecular weight excluding hydrogens is 352 g/mol. The summed E-state index contributed by atoms with van der Waals surface area (Å²) < 4.78 is 0. The Morgan fingerprint density at radius 3 is 2.75 bits per heavy atom. The topological polar surface area (TPSA) is 74.7 Å². The summed E-state index contributed by atoms with van der Waals surface area (Å²) in [5.74, 6) is 0.995. The van der Waals surface area contributed by atoms with Crippen molar-refractivity contribution in [2.75, 3.05) is 13.1 Å². The fourth-order valence-electron chi connectivity index (χ4n) is 4.89. The van der Waals surface area contributed by atoms with E-state index >= 15 is 0 Å². The number of hydrogen-bond acceptors (Lipinski definition) is 4. The summed E-state index contributed by atoms with van der Waals surface area (Å²) in [4.78, 5) is 36.9. The third-order valence-electron chi connectivity index (χ3n) is 6.38. The van der Waals surface area contributed by atoms with E-state index in [1.165, 1.54) is 0 Å². The van der Waals surface area contributed by atoms with Crippen LogP contribution in [0.4, 0.5) is 0 Å². The van der Waals surface area contributed by atoms with Gasteiger partial charge in [0.15, 0.2) is 0 Å². The molecule has 5 rings (SSSR count). The molecule has 142 valence electrons. The van der Waals surface area contributed by atoms with Crippen molar-refractivity contribution in [1.29, 1.82) is 0 Å². The summed E-state index contributed by atoms with van der Waals surface area (Å²) in [5.41, 5.74) is 1.67. The van der Waals surface area contributed by atoms with Gasteiger partial charge in [0.05, 0.1) is 5.56 Å². The maximum atomic E-state index is 13.0. The summed E-state index contributed by atoms with van der Waals surface area (Å²) in [6, 6.07) is 13.4. The van der Waals surface area contributed by atoms with E-state index in [1.54, 1.807) is 6.20 Å². The van der Waals surface area contributed by atoms with E-state index in [0.717, 1.165) is 24.1 Å². The van der Waals surface area contributed by atoms with Gasteiger partial charge in [-0.3, -0.25) is 19.6 Å². The molecule has 1 aromatic heterocycles. The molecule has 0 unspecified atom stereocenters. The Kier molecular flexibility index (Phi) is 3.82. The molecule has 2 aromatic rings. The zero-order valence-corrected chi connectivity index (χ0v) is 15.8. The van der Waals surface area contributed by atoms with Crippen molar-refractivity contribution in [3.63, 3.8) is 0 Å². The summed E-state index contributed by atoms with van der Waals surface area (Å²) >= 11 is 0. The largest absolute Gasteiger partial charge is 0.338 e. The number of fused-ring (bicyclic) bond motifs is 2. The zero-order chi connectivity index (χ0) is 19.3. The van der Waals surface area contributed by atoms with Crippen LogP contribution in [-0.4, -0.2) is 46.2 Å². The van der Waals surface area contributed by atoms with Gasteiger partial charge < -0.3 is 10.2 Å². The molecule has 3 aliphatic rings. The molecule has 2 amide bonds. The Bertz CT molecular complexity index is 970. The lowest BCUT2D eigenvalue weighted by Crippen LogP contribution is -2.45. The number of benzene rings is 1. The number of carbonyl (C=O) groups excluding carboxylic acids is 2.